The van der Waals surface area contributed by atoms with Crippen LogP contribution in [0.25, 0.3) is 0 Å². The predicted octanol–water partition coefficient (Wildman–Crippen LogP) is 1.03. The zero-order chi connectivity index (χ0) is 12.5. The molecule has 0 aliphatic heterocycles. The minimum atomic E-state index is -3.64. The number of nitrogens with zero attached hydrogens (tertiary/aromatic N) is 2. The van der Waals surface area contributed by atoms with Crippen LogP contribution in [0.2, 0.25) is 0 Å². The molecule has 0 radical (unpaired) electrons. The molecule has 1 aliphatic carbocycles. The molecule has 1 atom stereocenters. The van der Waals surface area contributed by atoms with E-state index in [1.807, 2.05) is 6.92 Å². The molecule has 0 amide bonds. The molecule has 0 aromatic carbocycles. The highest BCUT2D eigenvalue weighted by molar-refractivity contribution is 7.89. The van der Waals surface area contributed by atoms with Gasteiger partial charge in [-0.15, -0.1) is 0 Å². The third-order valence-electron chi connectivity index (χ3n) is 2.84. The molecule has 0 saturated heterocycles. The fourth-order valence-corrected chi connectivity index (χ4v) is 3.11. The van der Waals surface area contributed by atoms with Crippen molar-refractivity contribution in [2.45, 2.75) is 30.7 Å². The average molecular weight is 251 g/mol. The first-order valence-electron chi connectivity index (χ1n) is 5.42. The maximum absolute atomic E-state index is 12.1. The minimum Gasteiger partial charge on any atom is -0.244 e. The van der Waals surface area contributed by atoms with Gasteiger partial charge in [0, 0.05) is 12.2 Å². The minimum absolute atomic E-state index is 0.0463. The summed E-state index contributed by atoms with van der Waals surface area (Å²) in [6, 6.07) is 4.61. The maximum Gasteiger partial charge on any atom is 0.243 e. The Balaban J connectivity index is 2.28. The average Bonchev–Trinajstić information content (AvgIpc) is 3.12. The van der Waals surface area contributed by atoms with E-state index in [2.05, 4.69) is 9.71 Å². The van der Waals surface area contributed by atoms with Crippen molar-refractivity contribution < 1.29 is 8.42 Å². The van der Waals surface area contributed by atoms with E-state index in [9.17, 15) is 8.42 Å². The van der Waals surface area contributed by atoms with Crippen molar-refractivity contribution >= 4 is 10.0 Å². The molecule has 5 nitrogen and oxygen atoms in total. The third kappa shape index (κ3) is 2.62. The van der Waals surface area contributed by atoms with E-state index in [4.69, 9.17) is 5.26 Å². The Labute approximate surface area is 101 Å². The van der Waals surface area contributed by atoms with Crippen LogP contribution in [-0.4, -0.2) is 19.4 Å². The standard InChI is InChI=1S/C11H13N3O2S/c1-8(9-4-5-9)14-17(15,16)11-3-2-6-13-10(11)7-12/h2-3,6,8-9,14H,4-5H2,1H3. The van der Waals surface area contributed by atoms with Gasteiger partial charge in [0.25, 0.3) is 0 Å². The molecular formula is C11H13N3O2S. The van der Waals surface area contributed by atoms with Gasteiger partial charge in [-0.1, -0.05) is 0 Å². The number of nitriles is 1. The van der Waals surface area contributed by atoms with Crippen LogP contribution in [0.5, 0.6) is 0 Å². The Morgan fingerprint density at radius 2 is 2.29 bits per heavy atom. The van der Waals surface area contributed by atoms with Crippen LogP contribution in [0, 0.1) is 17.2 Å². The van der Waals surface area contributed by atoms with Gasteiger partial charge >= 0.3 is 0 Å². The Hall–Kier alpha value is -1.45. The van der Waals surface area contributed by atoms with Crippen molar-refractivity contribution in [3.05, 3.63) is 24.0 Å². The Morgan fingerprint density at radius 1 is 1.59 bits per heavy atom. The number of pyridine rings is 1. The van der Waals surface area contributed by atoms with E-state index in [1.54, 1.807) is 6.07 Å². The second-order valence-electron chi connectivity index (χ2n) is 4.21. The molecule has 6 heteroatoms. The molecule has 1 aliphatic rings. The van der Waals surface area contributed by atoms with Gasteiger partial charge in [0.15, 0.2) is 5.69 Å². The number of rotatable bonds is 4. The van der Waals surface area contributed by atoms with Crippen molar-refractivity contribution in [3.63, 3.8) is 0 Å². The molecule has 90 valence electrons. The van der Waals surface area contributed by atoms with Crippen LogP contribution < -0.4 is 4.72 Å². The van der Waals surface area contributed by atoms with Gasteiger partial charge in [0.2, 0.25) is 10.0 Å². The molecule has 1 N–H and O–H groups in total. The smallest absolute Gasteiger partial charge is 0.243 e. The zero-order valence-electron chi connectivity index (χ0n) is 9.42. The van der Waals surface area contributed by atoms with Gasteiger partial charge < -0.3 is 0 Å². The predicted molar refractivity (Wildman–Crippen MR) is 61.5 cm³/mol. The maximum atomic E-state index is 12.1. The Kier molecular flexibility index (Phi) is 3.13. The summed E-state index contributed by atoms with van der Waals surface area (Å²) >= 11 is 0. The first-order valence-corrected chi connectivity index (χ1v) is 6.90. The van der Waals surface area contributed by atoms with Gasteiger partial charge in [0.1, 0.15) is 11.0 Å². The highest BCUT2D eigenvalue weighted by Gasteiger charge is 2.32. The fourth-order valence-electron chi connectivity index (χ4n) is 1.69. The van der Waals surface area contributed by atoms with Crippen LogP contribution in [0.1, 0.15) is 25.5 Å². The van der Waals surface area contributed by atoms with Crippen LogP contribution >= 0.6 is 0 Å². The van der Waals surface area contributed by atoms with E-state index in [0.717, 1.165) is 12.8 Å². The molecule has 0 bridgehead atoms. The first kappa shape index (κ1) is 12.0. The second-order valence-corrected chi connectivity index (χ2v) is 5.89. The van der Waals surface area contributed by atoms with E-state index in [0.29, 0.717) is 5.92 Å². The number of nitrogens with one attached hydrogen (secondary N) is 1. The summed E-state index contributed by atoms with van der Waals surface area (Å²) in [5.41, 5.74) is -0.0667. The first-order chi connectivity index (χ1) is 8.04. The van der Waals surface area contributed by atoms with E-state index >= 15 is 0 Å². The molecule has 17 heavy (non-hydrogen) atoms. The Bertz CT molecular complexity index is 558. The summed E-state index contributed by atoms with van der Waals surface area (Å²) in [5.74, 6) is 0.423. The molecule has 1 heterocycles. The lowest BCUT2D eigenvalue weighted by Gasteiger charge is -2.13. The van der Waals surface area contributed by atoms with Gasteiger partial charge in [-0.05, 0) is 37.8 Å². The van der Waals surface area contributed by atoms with Crippen molar-refractivity contribution in [2.24, 2.45) is 5.92 Å². The summed E-state index contributed by atoms with van der Waals surface area (Å²) in [6.45, 7) is 1.84. The van der Waals surface area contributed by atoms with E-state index in [1.165, 1.54) is 18.3 Å². The lowest BCUT2D eigenvalue weighted by molar-refractivity contribution is 0.537. The van der Waals surface area contributed by atoms with Crippen molar-refractivity contribution in [3.8, 4) is 6.07 Å². The molecule has 1 aromatic heterocycles. The van der Waals surface area contributed by atoms with E-state index < -0.39 is 10.0 Å². The highest BCUT2D eigenvalue weighted by atomic mass is 32.2. The third-order valence-corrected chi connectivity index (χ3v) is 4.43. The number of hydrogen-bond donors (Lipinski definition) is 1. The summed E-state index contributed by atoms with van der Waals surface area (Å²) < 4.78 is 26.7. The largest absolute Gasteiger partial charge is 0.244 e. The number of hydrogen-bond acceptors (Lipinski definition) is 4. The molecule has 0 spiro atoms. The molecule has 2 rings (SSSR count). The SMILES string of the molecule is CC(NS(=O)(=O)c1cccnc1C#N)C1CC1. The van der Waals surface area contributed by atoms with Gasteiger partial charge in [-0.3, -0.25) is 0 Å². The lowest BCUT2D eigenvalue weighted by Crippen LogP contribution is -2.34. The van der Waals surface area contributed by atoms with Crippen molar-refractivity contribution in [1.82, 2.24) is 9.71 Å². The lowest BCUT2D eigenvalue weighted by atomic mass is 10.2. The summed E-state index contributed by atoms with van der Waals surface area (Å²) in [7, 11) is -3.64. The van der Waals surface area contributed by atoms with E-state index in [-0.39, 0.29) is 16.6 Å². The molecule has 1 unspecified atom stereocenters. The van der Waals surface area contributed by atoms with Crippen LogP contribution in [0.15, 0.2) is 23.2 Å². The molecular weight excluding hydrogens is 238 g/mol. The van der Waals surface area contributed by atoms with Crippen molar-refractivity contribution in [2.75, 3.05) is 0 Å². The van der Waals surface area contributed by atoms with Crippen LogP contribution in [0.4, 0.5) is 0 Å². The molecule has 1 fully saturated rings. The van der Waals surface area contributed by atoms with Crippen LogP contribution in [-0.2, 0) is 10.0 Å². The van der Waals surface area contributed by atoms with Crippen molar-refractivity contribution in [1.29, 1.82) is 5.26 Å². The normalized spacial score (nSPS) is 17.4. The number of sulfonamides is 1. The summed E-state index contributed by atoms with van der Waals surface area (Å²) in [5, 5.41) is 8.83. The quantitative estimate of drug-likeness (QED) is 0.866. The highest BCUT2D eigenvalue weighted by Crippen LogP contribution is 2.33. The molecule has 1 saturated carbocycles. The number of aromatic nitrogens is 1. The fraction of sp³-hybridized carbons (Fsp3) is 0.455. The summed E-state index contributed by atoms with van der Waals surface area (Å²) in [4.78, 5) is 3.70. The Morgan fingerprint density at radius 3 is 2.88 bits per heavy atom. The second kappa shape index (κ2) is 4.43. The van der Waals surface area contributed by atoms with Gasteiger partial charge in [-0.2, -0.15) is 5.26 Å². The van der Waals surface area contributed by atoms with Gasteiger partial charge in [0.05, 0.1) is 0 Å². The molecule has 1 aromatic rings. The topological polar surface area (TPSA) is 82.8 Å². The monoisotopic (exact) mass is 251 g/mol. The summed E-state index contributed by atoms with van der Waals surface area (Å²) in [6.07, 6.45) is 3.52. The zero-order valence-corrected chi connectivity index (χ0v) is 10.2. The van der Waals surface area contributed by atoms with Gasteiger partial charge in [-0.25, -0.2) is 18.1 Å². The van der Waals surface area contributed by atoms with Crippen LogP contribution in [0.3, 0.4) is 0 Å².